The second kappa shape index (κ2) is 10.1. The Hall–Kier alpha value is -5.55. The van der Waals surface area contributed by atoms with E-state index < -0.39 is 31.9 Å². The van der Waals surface area contributed by atoms with Crippen molar-refractivity contribution in [2.45, 2.75) is 0 Å². The zero-order chi connectivity index (χ0) is 29.7. The molecule has 11 heteroatoms. The molecule has 0 bridgehead atoms. The smallest absolute Gasteiger partial charge is 0.284 e. The lowest BCUT2D eigenvalue weighted by atomic mass is 9.97. The number of ketones is 1. The van der Waals surface area contributed by atoms with Crippen LogP contribution in [-0.2, 0) is 0 Å². The van der Waals surface area contributed by atoms with Crippen molar-refractivity contribution >= 4 is 71.1 Å². The van der Waals surface area contributed by atoms with E-state index in [0.29, 0.717) is 0 Å². The molecule has 10 nitrogen and oxygen atoms in total. The second-order valence-electron chi connectivity index (χ2n) is 9.51. The van der Waals surface area contributed by atoms with Gasteiger partial charge in [-0.05, 0) is 48.2 Å². The maximum absolute atomic E-state index is 12.5. The van der Waals surface area contributed by atoms with E-state index in [4.69, 9.17) is 0 Å². The van der Waals surface area contributed by atoms with E-state index in [-0.39, 0.29) is 32.4 Å². The molecule has 0 aliphatic heterocycles. The molecule has 0 unspecified atom stereocenters. The van der Waals surface area contributed by atoms with Gasteiger partial charge in [0, 0.05) is 39.4 Å². The van der Waals surface area contributed by atoms with Crippen molar-refractivity contribution in [2.75, 3.05) is 0 Å². The molecular weight excluding hydrogens is 606 g/mol. The number of halogens is 1. The number of fused-ring (bicyclic) bond motifs is 8. The minimum atomic E-state index is -0.846. The minimum Gasteiger partial charge on any atom is -0.289 e. The van der Waals surface area contributed by atoms with E-state index >= 15 is 0 Å². The zero-order valence-electron chi connectivity index (χ0n) is 21.3. The summed E-state index contributed by atoms with van der Waals surface area (Å²) >= 11 is 3.08. The number of hydrogen-bond acceptors (Lipinski definition) is 7. The summed E-state index contributed by atoms with van der Waals surface area (Å²) in [6.45, 7) is 0. The summed E-state index contributed by atoms with van der Waals surface area (Å²) in [7, 11) is 0. The van der Waals surface area contributed by atoms with Crippen molar-refractivity contribution < 1.29 is 19.6 Å². The number of rotatable bonds is 3. The van der Waals surface area contributed by atoms with Crippen LogP contribution in [0.2, 0.25) is 0 Å². The summed E-state index contributed by atoms with van der Waals surface area (Å²) in [6, 6.07) is 29.8. The summed E-state index contributed by atoms with van der Waals surface area (Å²) in [5.41, 5.74) is -1.91. The van der Waals surface area contributed by atoms with Gasteiger partial charge < -0.3 is 0 Å². The fourth-order valence-corrected chi connectivity index (χ4v) is 6.00. The van der Waals surface area contributed by atoms with Gasteiger partial charge in [-0.3, -0.25) is 35.1 Å². The van der Waals surface area contributed by atoms with Crippen molar-refractivity contribution in [1.82, 2.24) is 0 Å². The lowest BCUT2D eigenvalue weighted by Crippen LogP contribution is -2.00. The van der Waals surface area contributed by atoms with E-state index in [0.717, 1.165) is 24.3 Å². The number of nitro benzene ring substituents is 3. The van der Waals surface area contributed by atoms with Crippen molar-refractivity contribution in [3.63, 3.8) is 0 Å². The van der Waals surface area contributed by atoms with Crippen LogP contribution in [0.1, 0.15) is 15.9 Å². The molecule has 0 saturated carbocycles. The van der Waals surface area contributed by atoms with Gasteiger partial charge in [0.15, 0.2) is 5.78 Å². The average molecular weight is 622 g/mol. The molecule has 204 valence electrons. The van der Waals surface area contributed by atoms with Crippen molar-refractivity contribution in [3.8, 4) is 11.1 Å². The van der Waals surface area contributed by atoms with Crippen LogP contribution >= 0.6 is 15.9 Å². The van der Waals surface area contributed by atoms with Crippen LogP contribution < -0.4 is 0 Å². The standard InChI is InChI=1S/C18H12.C13H4BrN3O7/c1-3-7-15-13(5-1)9-11-18-16-8-4-2-6-14(16)10-12-17(15)18;14-9-3-5(15(19)20)1-7-11(9)12-8(13(7)18)2-6(16(21)22)4-10(12)17(23)24/h1-12H;1-4H. The molecule has 7 rings (SSSR count). The largest absolute Gasteiger partial charge is 0.289 e. The quantitative estimate of drug-likeness (QED) is 0.109. The van der Waals surface area contributed by atoms with Gasteiger partial charge in [-0.2, -0.15) is 0 Å². The number of carbonyl (C=O) groups is 1. The van der Waals surface area contributed by atoms with Gasteiger partial charge in [-0.25, -0.2) is 0 Å². The highest BCUT2D eigenvalue weighted by atomic mass is 79.9. The zero-order valence-corrected chi connectivity index (χ0v) is 22.9. The van der Waals surface area contributed by atoms with Crippen molar-refractivity contribution in [1.29, 1.82) is 0 Å². The number of benzene rings is 6. The Labute approximate surface area is 244 Å². The first-order valence-electron chi connectivity index (χ1n) is 12.4. The molecule has 6 aromatic rings. The third-order valence-corrected chi connectivity index (χ3v) is 7.81. The number of nitrogens with zero attached hydrogens (tertiary/aromatic N) is 3. The lowest BCUT2D eigenvalue weighted by molar-refractivity contribution is -0.393. The van der Waals surface area contributed by atoms with Gasteiger partial charge in [0.05, 0.1) is 26.4 Å². The lowest BCUT2D eigenvalue weighted by Gasteiger charge is -2.07. The molecule has 0 radical (unpaired) electrons. The predicted molar refractivity (Wildman–Crippen MR) is 162 cm³/mol. The molecule has 42 heavy (non-hydrogen) atoms. The molecule has 0 fully saturated rings. The summed E-state index contributed by atoms with van der Waals surface area (Å²) in [5, 5.41) is 41.1. The normalized spacial score (nSPS) is 11.6. The molecule has 0 amide bonds. The Morgan fingerprint density at radius 3 is 1.50 bits per heavy atom. The van der Waals surface area contributed by atoms with Crippen LogP contribution in [0.25, 0.3) is 43.4 Å². The molecular formula is C31H16BrN3O7. The van der Waals surface area contributed by atoms with E-state index in [2.05, 4.69) is 88.7 Å². The first-order valence-corrected chi connectivity index (χ1v) is 13.2. The Bertz CT molecular complexity index is 2100. The van der Waals surface area contributed by atoms with Crippen molar-refractivity contribution in [2.24, 2.45) is 0 Å². The van der Waals surface area contributed by atoms with E-state index in [1.54, 1.807) is 0 Å². The van der Waals surface area contributed by atoms with Gasteiger partial charge in [0.25, 0.3) is 17.1 Å². The second-order valence-corrected chi connectivity index (χ2v) is 10.4. The third kappa shape index (κ3) is 4.32. The number of nitro groups is 3. The fraction of sp³-hybridized carbons (Fsp3) is 0. The average Bonchev–Trinajstić information content (AvgIpc) is 3.28. The maximum Gasteiger partial charge on any atom is 0.284 e. The number of carbonyl (C=O) groups excluding carboxylic acids is 1. The van der Waals surface area contributed by atoms with Crippen LogP contribution in [0, 0.1) is 30.3 Å². The highest BCUT2D eigenvalue weighted by molar-refractivity contribution is 9.10. The third-order valence-electron chi connectivity index (χ3n) is 7.19. The summed E-state index contributed by atoms with van der Waals surface area (Å²) < 4.78 is 0.121. The molecule has 1 aliphatic rings. The summed E-state index contributed by atoms with van der Waals surface area (Å²) in [6.07, 6.45) is 0. The molecule has 0 N–H and O–H groups in total. The monoisotopic (exact) mass is 621 g/mol. The molecule has 0 heterocycles. The Kier molecular flexibility index (Phi) is 6.43. The van der Waals surface area contributed by atoms with Gasteiger partial charge in [-0.1, -0.05) is 72.8 Å². The van der Waals surface area contributed by atoms with Crippen LogP contribution in [0.3, 0.4) is 0 Å². The van der Waals surface area contributed by atoms with E-state index in [9.17, 15) is 35.1 Å². The summed E-state index contributed by atoms with van der Waals surface area (Å²) in [4.78, 5) is 43.2. The molecule has 0 aromatic heterocycles. The highest BCUT2D eigenvalue weighted by Gasteiger charge is 2.38. The highest BCUT2D eigenvalue weighted by Crippen LogP contribution is 2.48. The summed E-state index contributed by atoms with van der Waals surface area (Å²) in [5.74, 6) is -0.740. The molecule has 0 atom stereocenters. The Balaban J connectivity index is 0.000000156. The van der Waals surface area contributed by atoms with Gasteiger partial charge in [-0.15, -0.1) is 0 Å². The van der Waals surface area contributed by atoms with Gasteiger partial charge in [0.2, 0.25) is 0 Å². The molecule has 0 spiro atoms. The van der Waals surface area contributed by atoms with Crippen LogP contribution in [0.15, 0.2) is 102 Å². The van der Waals surface area contributed by atoms with E-state index in [1.165, 1.54) is 32.3 Å². The molecule has 0 saturated heterocycles. The van der Waals surface area contributed by atoms with E-state index in [1.807, 2.05) is 0 Å². The van der Waals surface area contributed by atoms with Crippen LogP contribution in [0.4, 0.5) is 17.1 Å². The number of hydrogen-bond donors (Lipinski definition) is 0. The first-order chi connectivity index (χ1) is 20.2. The van der Waals surface area contributed by atoms with Crippen LogP contribution in [0.5, 0.6) is 0 Å². The maximum atomic E-state index is 12.5. The van der Waals surface area contributed by atoms with Gasteiger partial charge >= 0.3 is 0 Å². The number of non-ortho nitro benzene ring substituents is 2. The molecule has 6 aromatic carbocycles. The Morgan fingerprint density at radius 1 is 0.524 bits per heavy atom. The van der Waals surface area contributed by atoms with Gasteiger partial charge in [0.1, 0.15) is 0 Å². The Morgan fingerprint density at radius 2 is 1.00 bits per heavy atom. The minimum absolute atomic E-state index is 0.0904. The SMILES string of the molecule is O=C1c2cc([N+](=O)[O-])cc(Br)c2-c2c1cc([N+](=O)[O-])cc2[N+](=O)[O-].c1ccc2c(c1)ccc1c3ccccc3ccc21. The first kappa shape index (κ1) is 26.7. The fourth-order valence-electron chi connectivity index (χ4n) is 5.35. The predicted octanol–water partition coefficient (Wildman–Crippen LogP) is 8.53. The molecule has 1 aliphatic carbocycles. The van der Waals surface area contributed by atoms with Crippen LogP contribution in [-0.4, -0.2) is 20.6 Å². The van der Waals surface area contributed by atoms with Crippen molar-refractivity contribution in [3.05, 3.63) is 143 Å². The topological polar surface area (TPSA) is 146 Å².